The van der Waals surface area contributed by atoms with Gasteiger partial charge in [-0.3, -0.25) is 4.79 Å². The maximum atomic E-state index is 12.0. The first-order valence-electron chi connectivity index (χ1n) is 7.10. The van der Waals surface area contributed by atoms with Gasteiger partial charge in [0.1, 0.15) is 17.5 Å². The lowest BCUT2D eigenvalue weighted by atomic mass is 10.2. The second kappa shape index (κ2) is 7.23. The highest BCUT2D eigenvalue weighted by molar-refractivity contribution is 6.01. The number of rotatable bonds is 5. The lowest BCUT2D eigenvalue weighted by Crippen LogP contribution is -2.28. The van der Waals surface area contributed by atoms with E-state index in [0.29, 0.717) is 18.3 Å². The topological polar surface area (TPSA) is 70.7 Å². The number of para-hydroxylation sites is 1. The summed E-state index contributed by atoms with van der Waals surface area (Å²) in [5.74, 6) is 0.497. The highest BCUT2D eigenvalue weighted by Crippen LogP contribution is 2.13. The van der Waals surface area contributed by atoms with E-state index in [-0.39, 0.29) is 11.5 Å². The van der Waals surface area contributed by atoms with E-state index in [0.717, 1.165) is 5.69 Å². The number of nitriles is 1. The van der Waals surface area contributed by atoms with Crippen molar-refractivity contribution >= 4 is 12.0 Å². The summed E-state index contributed by atoms with van der Waals surface area (Å²) in [4.78, 5) is 16.2. The monoisotopic (exact) mass is 294 g/mol. The summed E-state index contributed by atoms with van der Waals surface area (Å²) in [6, 6.07) is 11.6. The molecule has 5 heteroatoms. The molecule has 0 radical (unpaired) electrons. The molecule has 0 aliphatic heterocycles. The summed E-state index contributed by atoms with van der Waals surface area (Å²) in [7, 11) is 0. The molecule has 112 valence electrons. The molecule has 0 spiro atoms. The Bertz CT molecular complexity index is 708. The highest BCUT2D eigenvalue weighted by Gasteiger charge is 2.11. The lowest BCUT2D eigenvalue weighted by molar-refractivity contribution is -0.117. The zero-order valence-electron chi connectivity index (χ0n) is 12.7. The average Bonchev–Trinajstić information content (AvgIpc) is 2.99. The number of benzene rings is 1. The van der Waals surface area contributed by atoms with E-state index >= 15 is 0 Å². The molecule has 0 unspecified atom stereocenters. The van der Waals surface area contributed by atoms with Crippen molar-refractivity contribution in [1.29, 1.82) is 5.26 Å². The number of hydrogen-bond acceptors (Lipinski definition) is 3. The van der Waals surface area contributed by atoms with Gasteiger partial charge in [-0.2, -0.15) is 5.26 Å². The number of carbonyl (C=O) groups excluding carboxylic acids is 1. The van der Waals surface area contributed by atoms with Gasteiger partial charge in [-0.25, -0.2) is 4.98 Å². The Morgan fingerprint density at radius 3 is 2.77 bits per heavy atom. The van der Waals surface area contributed by atoms with Crippen LogP contribution in [0.1, 0.15) is 19.7 Å². The van der Waals surface area contributed by atoms with E-state index in [9.17, 15) is 10.1 Å². The Morgan fingerprint density at radius 2 is 2.14 bits per heavy atom. The molecule has 0 atom stereocenters. The van der Waals surface area contributed by atoms with E-state index in [1.165, 1.54) is 6.08 Å². The molecule has 1 N–H and O–H groups in total. The van der Waals surface area contributed by atoms with Crippen molar-refractivity contribution in [1.82, 2.24) is 14.9 Å². The first-order valence-corrected chi connectivity index (χ1v) is 7.10. The number of nitrogens with zero attached hydrogens (tertiary/aromatic N) is 3. The SMILES string of the molecule is CC(C)CNC(=O)/C(C#N)=C/c1nccn1-c1ccccc1. The van der Waals surface area contributed by atoms with Crippen LogP contribution in [0.5, 0.6) is 0 Å². The molecular weight excluding hydrogens is 276 g/mol. The van der Waals surface area contributed by atoms with Gasteiger partial charge in [-0.05, 0) is 18.1 Å². The third kappa shape index (κ3) is 3.83. The van der Waals surface area contributed by atoms with Crippen molar-refractivity contribution in [3.63, 3.8) is 0 Å². The van der Waals surface area contributed by atoms with Gasteiger partial charge in [0.15, 0.2) is 0 Å². The maximum Gasteiger partial charge on any atom is 0.262 e. The molecule has 0 saturated heterocycles. The van der Waals surface area contributed by atoms with Gasteiger partial charge < -0.3 is 9.88 Å². The molecule has 1 aromatic carbocycles. The van der Waals surface area contributed by atoms with E-state index in [2.05, 4.69) is 10.3 Å². The predicted molar refractivity (Wildman–Crippen MR) is 85.0 cm³/mol. The number of amides is 1. The van der Waals surface area contributed by atoms with Gasteiger partial charge in [0.2, 0.25) is 0 Å². The summed E-state index contributed by atoms with van der Waals surface area (Å²) >= 11 is 0. The number of hydrogen-bond donors (Lipinski definition) is 1. The maximum absolute atomic E-state index is 12.0. The fourth-order valence-corrected chi connectivity index (χ4v) is 1.90. The van der Waals surface area contributed by atoms with Crippen LogP contribution < -0.4 is 5.32 Å². The average molecular weight is 294 g/mol. The fraction of sp³-hybridized carbons (Fsp3) is 0.235. The third-order valence-corrected chi connectivity index (χ3v) is 3.01. The van der Waals surface area contributed by atoms with Crippen LogP contribution >= 0.6 is 0 Å². The summed E-state index contributed by atoms with van der Waals surface area (Å²) in [5.41, 5.74) is 0.968. The van der Waals surface area contributed by atoms with Crippen molar-refractivity contribution < 1.29 is 4.79 Å². The van der Waals surface area contributed by atoms with Crippen LogP contribution in [-0.2, 0) is 4.79 Å². The minimum atomic E-state index is -0.376. The zero-order valence-corrected chi connectivity index (χ0v) is 12.7. The van der Waals surface area contributed by atoms with Crippen molar-refractivity contribution in [2.24, 2.45) is 5.92 Å². The van der Waals surface area contributed by atoms with Crippen LogP contribution in [0.3, 0.4) is 0 Å². The third-order valence-electron chi connectivity index (χ3n) is 3.01. The molecule has 22 heavy (non-hydrogen) atoms. The zero-order chi connectivity index (χ0) is 15.9. The summed E-state index contributed by atoms with van der Waals surface area (Å²) in [6.07, 6.45) is 4.94. The van der Waals surface area contributed by atoms with E-state index in [4.69, 9.17) is 0 Å². The molecule has 1 heterocycles. The van der Waals surface area contributed by atoms with Gasteiger partial charge in [-0.1, -0.05) is 32.0 Å². The normalized spacial score (nSPS) is 11.3. The Morgan fingerprint density at radius 1 is 1.41 bits per heavy atom. The van der Waals surface area contributed by atoms with Crippen molar-refractivity contribution in [3.8, 4) is 11.8 Å². The Labute approximate surface area is 129 Å². The minimum absolute atomic E-state index is 0.0454. The number of nitrogens with one attached hydrogen (secondary N) is 1. The number of carbonyl (C=O) groups is 1. The molecule has 2 rings (SSSR count). The fourth-order valence-electron chi connectivity index (χ4n) is 1.90. The molecule has 1 aromatic heterocycles. The van der Waals surface area contributed by atoms with Crippen molar-refractivity contribution in [2.75, 3.05) is 6.54 Å². The van der Waals surface area contributed by atoms with Crippen LogP contribution in [-0.4, -0.2) is 22.0 Å². The number of aromatic nitrogens is 2. The van der Waals surface area contributed by atoms with Crippen LogP contribution in [0.25, 0.3) is 11.8 Å². The molecule has 5 nitrogen and oxygen atoms in total. The first kappa shape index (κ1) is 15.5. The second-order valence-corrected chi connectivity index (χ2v) is 5.26. The van der Waals surface area contributed by atoms with Gasteiger partial charge in [0.05, 0.1) is 0 Å². The summed E-state index contributed by atoms with van der Waals surface area (Å²) < 4.78 is 1.83. The minimum Gasteiger partial charge on any atom is -0.351 e. The molecule has 0 fully saturated rings. The van der Waals surface area contributed by atoms with Crippen LogP contribution in [0.2, 0.25) is 0 Å². The molecule has 0 aliphatic carbocycles. The Kier molecular flexibility index (Phi) is 5.10. The second-order valence-electron chi connectivity index (χ2n) is 5.26. The Balaban J connectivity index is 2.27. The smallest absolute Gasteiger partial charge is 0.262 e. The van der Waals surface area contributed by atoms with Crippen molar-refractivity contribution in [3.05, 3.63) is 54.1 Å². The molecule has 0 aliphatic rings. The van der Waals surface area contributed by atoms with Crippen LogP contribution in [0.15, 0.2) is 48.3 Å². The van der Waals surface area contributed by atoms with Gasteiger partial charge >= 0.3 is 0 Å². The van der Waals surface area contributed by atoms with E-state index < -0.39 is 0 Å². The van der Waals surface area contributed by atoms with Gasteiger partial charge in [-0.15, -0.1) is 0 Å². The molecule has 0 saturated carbocycles. The molecule has 1 amide bonds. The first-order chi connectivity index (χ1) is 10.6. The van der Waals surface area contributed by atoms with E-state index in [1.807, 2.05) is 54.8 Å². The number of imidazole rings is 1. The van der Waals surface area contributed by atoms with Gasteiger partial charge in [0, 0.05) is 30.7 Å². The quantitative estimate of drug-likeness (QED) is 0.680. The summed E-state index contributed by atoms with van der Waals surface area (Å²) in [5, 5.41) is 11.9. The Hall–Kier alpha value is -2.87. The predicted octanol–water partition coefficient (Wildman–Crippen LogP) is 2.55. The highest BCUT2D eigenvalue weighted by atomic mass is 16.1. The summed E-state index contributed by atoms with van der Waals surface area (Å²) in [6.45, 7) is 4.53. The molecule has 2 aromatic rings. The standard InChI is InChI=1S/C17H18N4O/c1-13(2)12-20-17(22)14(11-18)10-16-19-8-9-21(16)15-6-4-3-5-7-15/h3-10,13H,12H2,1-2H3,(H,20,22)/b14-10+. The van der Waals surface area contributed by atoms with Crippen LogP contribution in [0.4, 0.5) is 0 Å². The largest absolute Gasteiger partial charge is 0.351 e. The van der Waals surface area contributed by atoms with Gasteiger partial charge in [0.25, 0.3) is 5.91 Å². The lowest BCUT2D eigenvalue weighted by Gasteiger charge is -2.07. The molecule has 0 bridgehead atoms. The van der Waals surface area contributed by atoms with Crippen LogP contribution in [0, 0.1) is 17.2 Å². The van der Waals surface area contributed by atoms with Crippen molar-refractivity contribution in [2.45, 2.75) is 13.8 Å². The molecular formula is C17H18N4O. The van der Waals surface area contributed by atoms with E-state index in [1.54, 1.807) is 12.4 Å².